The number of aryl methyl sites for hydroxylation is 1. The standard InChI is InChI=1S/C8H10ClN3O3S/c1-5-6(4-10-11(5)2)7-3-8(13)12(7)16(9,14)15/h4,7H,3H2,1-2H3. The summed E-state index contributed by atoms with van der Waals surface area (Å²) in [7, 11) is 2.93. The maximum atomic E-state index is 11.2. The number of hydrogen-bond donors (Lipinski definition) is 0. The molecule has 88 valence electrons. The zero-order valence-corrected chi connectivity index (χ0v) is 10.3. The Bertz CT molecular complexity index is 551. The van der Waals surface area contributed by atoms with E-state index in [4.69, 9.17) is 10.7 Å². The number of carbonyl (C=O) groups excluding carboxylic acids is 1. The molecule has 1 aliphatic rings. The lowest BCUT2D eigenvalue weighted by molar-refractivity contribution is -0.137. The fourth-order valence-corrected chi connectivity index (χ4v) is 3.08. The van der Waals surface area contributed by atoms with E-state index >= 15 is 0 Å². The van der Waals surface area contributed by atoms with Gasteiger partial charge in [0.15, 0.2) is 0 Å². The van der Waals surface area contributed by atoms with Crippen LogP contribution in [0.2, 0.25) is 0 Å². The van der Waals surface area contributed by atoms with Crippen molar-refractivity contribution in [1.29, 1.82) is 0 Å². The first-order valence-electron chi connectivity index (χ1n) is 4.57. The molecule has 0 N–H and O–H groups in total. The third-order valence-corrected chi connectivity index (χ3v) is 4.14. The highest BCUT2D eigenvalue weighted by molar-refractivity contribution is 8.12. The topological polar surface area (TPSA) is 72.3 Å². The molecule has 0 saturated carbocycles. The van der Waals surface area contributed by atoms with Gasteiger partial charge in [-0.25, -0.2) is 4.31 Å². The minimum atomic E-state index is -4.00. The smallest absolute Gasteiger partial charge is 0.274 e. The van der Waals surface area contributed by atoms with Gasteiger partial charge in [-0.05, 0) is 6.92 Å². The molecule has 1 fully saturated rings. The third-order valence-electron chi connectivity index (χ3n) is 2.76. The SMILES string of the molecule is Cc1c(C2CC(=O)N2S(=O)(=O)Cl)cnn1C. The van der Waals surface area contributed by atoms with Crippen LogP contribution in [-0.4, -0.2) is 28.4 Å². The second-order valence-electron chi connectivity index (χ2n) is 3.66. The van der Waals surface area contributed by atoms with Gasteiger partial charge in [0.2, 0.25) is 5.91 Å². The van der Waals surface area contributed by atoms with Crippen LogP contribution in [0.5, 0.6) is 0 Å². The molecule has 1 atom stereocenters. The highest BCUT2D eigenvalue weighted by Crippen LogP contribution is 2.39. The van der Waals surface area contributed by atoms with Crippen molar-refractivity contribution in [3.05, 3.63) is 17.5 Å². The quantitative estimate of drug-likeness (QED) is 0.575. The Morgan fingerprint density at radius 3 is 2.56 bits per heavy atom. The summed E-state index contributed by atoms with van der Waals surface area (Å²) in [6, 6.07) is -0.510. The van der Waals surface area contributed by atoms with E-state index in [1.54, 1.807) is 17.9 Å². The lowest BCUT2D eigenvalue weighted by Crippen LogP contribution is -2.48. The highest BCUT2D eigenvalue weighted by Gasteiger charge is 2.45. The van der Waals surface area contributed by atoms with Crippen LogP contribution in [0.25, 0.3) is 0 Å². The molecule has 8 heteroatoms. The number of carbonyl (C=O) groups is 1. The van der Waals surface area contributed by atoms with E-state index < -0.39 is 21.2 Å². The Hall–Kier alpha value is -1.08. The molecule has 2 rings (SSSR count). The number of nitrogens with zero attached hydrogens (tertiary/aromatic N) is 3. The van der Waals surface area contributed by atoms with Crippen LogP contribution in [-0.2, 0) is 21.1 Å². The van der Waals surface area contributed by atoms with E-state index in [0.717, 1.165) is 5.69 Å². The molecule has 0 aromatic carbocycles. The lowest BCUT2D eigenvalue weighted by atomic mass is 9.98. The number of rotatable bonds is 2. The van der Waals surface area contributed by atoms with Gasteiger partial charge in [0.05, 0.1) is 18.7 Å². The van der Waals surface area contributed by atoms with Crippen molar-refractivity contribution < 1.29 is 13.2 Å². The lowest BCUT2D eigenvalue weighted by Gasteiger charge is -2.36. The van der Waals surface area contributed by atoms with Crippen molar-refractivity contribution in [2.75, 3.05) is 0 Å². The van der Waals surface area contributed by atoms with Crippen LogP contribution >= 0.6 is 10.7 Å². The Labute approximate surface area is 97.3 Å². The van der Waals surface area contributed by atoms with Crippen molar-refractivity contribution in [3.8, 4) is 0 Å². The zero-order valence-electron chi connectivity index (χ0n) is 8.71. The van der Waals surface area contributed by atoms with Crippen LogP contribution in [0.15, 0.2) is 6.20 Å². The molecule has 1 saturated heterocycles. The van der Waals surface area contributed by atoms with Crippen LogP contribution < -0.4 is 0 Å². The summed E-state index contributed by atoms with van der Waals surface area (Å²) in [6.45, 7) is 1.81. The number of β-lactam (4-membered cyclic amide) rings is 1. The molecule has 0 radical (unpaired) electrons. The monoisotopic (exact) mass is 263 g/mol. The van der Waals surface area contributed by atoms with Gasteiger partial charge in [-0.3, -0.25) is 9.48 Å². The Balaban J connectivity index is 2.38. The van der Waals surface area contributed by atoms with Crippen molar-refractivity contribution in [1.82, 2.24) is 14.1 Å². The first-order valence-corrected chi connectivity index (χ1v) is 6.84. The molecular weight excluding hydrogens is 254 g/mol. The average Bonchev–Trinajstić information content (AvgIpc) is 2.41. The fourth-order valence-electron chi connectivity index (χ4n) is 1.75. The largest absolute Gasteiger partial charge is 0.324 e. The van der Waals surface area contributed by atoms with Crippen molar-refractivity contribution in [2.45, 2.75) is 19.4 Å². The van der Waals surface area contributed by atoms with Crippen LogP contribution in [0.4, 0.5) is 0 Å². The van der Waals surface area contributed by atoms with Gasteiger partial charge in [-0.1, -0.05) is 0 Å². The predicted molar refractivity (Wildman–Crippen MR) is 56.9 cm³/mol. The number of amides is 1. The second-order valence-corrected chi connectivity index (χ2v) is 6.05. The van der Waals surface area contributed by atoms with Crippen molar-refractivity contribution >= 4 is 25.8 Å². The molecule has 1 aromatic rings. The molecule has 0 spiro atoms. The minimum absolute atomic E-state index is 0.151. The molecule has 0 bridgehead atoms. The van der Waals surface area contributed by atoms with E-state index in [2.05, 4.69) is 5.10 Å². The van der Waals surface area contributed by atoms with E-state index in [1.807, 2.05) is 6.92 Å². The van der Waals surface area contributed by atoms with Crippen LogP contribution in [0.3, 0.4) is 0 Å². The number of hydrogen-bond acceptors (Lipinski definition) is 4. The summed E-state index contributed by atoms with van der Waals surface area (Å²) in [5.74, 6) is -0.483. The van der Waals surface area contributed by atoms with Gasteiger partial charge in [-0.15, -0.1) is 0 Å². The maximum absolute atomic E-state index is 11.2. The van der Waals surface area contributed by atoms with Crippen molar-refractivity contribution in [2.24, 2.45) is 7.05 Å². The minimum Gasteiger partial charge on any atom is -0.274 e. The van der Waals surface area contributed by atoms with Gasteiger partial charge in [-0.2, -0.15) is 13.5 Å². The Kier molecular flexibility index (Phi) is 2.47. The summed E-state index contributed by atoms with van der Waals surface area (Å²) >= 11 is 0. The van der Waals surface area contributed by atoms with Crippen molar-refractivity contribution in [3.63, 3.8) is 0 Å². The fraction of sp³-hybridized carbons (Fsp3) is 0.500. The van der Waals surface area contributed by atoms with E-state index in [1.165, 1.54) is 0 Å². The van der Waals surface area contributed by atoms with Gasteiger partial charge >= 0.3 is 9.24 Å². The molecule has 0 aliphatic carbocycles. The first kappa shape index (κ1) is 11.4. The average molecular weight is 264 g/mol. The normalized spacial score (nSPS) is 21.1. The predicted octanol–water partition coefficient (Wildman–Crippen LogP) is 0.486. The van der Waals surface area contributed by atoms with E-state index in [-0.39, 0.29) is 6.42 Å². The van der Waals surface area contributed by atoms with Crippen LogP contribution in [0, 0.1) is 6.92 Å². The zero-order chi connectivity index (χ0) is 12.1. The van der Waals surface area contributed by atoms with Gasteiger partial charge < -0.3 is 0 Å². The summed E-state index contributed by atoms with van der Waals surface area (Å²) in [5.41, 5.74) is 1.54. The molecular formula is C8H10ClN3O3S. The Morgan fingerprint density at radius 2 is 2.19 bits per heavy atom. The summed E-state index contributed by atoms with van der Waals surface area (Å²) in [5, 5.41) is 4.00. The molecule has 16 heavy (non-hydrogen) atoms. The third kappa shape index (κ3) is 1.60. The molecule has 1 aliphatic heterocycles. The summed E-state index contributed by atoms with van der Waals surface area (Å²) in [6.07, 6.45) is 1.71. The summed E-state index contributed by atoms with van der Waals surface area (Å²) < 4.78 is 24.7. The van der Waals surface area contributed by atoms with Gasteiger partial charge in [0, 0.05) is 29.0 Å². The van der Waals surface area contributed by atoms with E-state index in [0.29, 0.717) is 9.87 Å². The molecule has 1 unspecified atom stereocenters. The molecule has 6 nitrogen and oxygen atoms in total. The molecule has 1 aromatic heterocycles. The van der Waals surface area contributed by atoms with Gasteiger partial charge in [0.1, 0.15) is 0 Å². The number of aromatic nitrogens is 2. The molecule has 1 amide bonds. The Morgan fingerprint density at radius 1 is 1.56 bits per heavy atom. The first-order chi connectivity index (χ1) is 7.32. The number of halogens is 1. The van der Waals surface area contributed by atoms with E-state index in [9.17, 15) is 13.2 Å². The second kappa shape index (κ2) is 3.46. The highest BCUT2D eigenvalue weighted by atomic mass is 35.7. The summed E-state index contributed by atoms with van der Waals surface area (Å²) in [4.78, 5) is 11.2. The maximum Gasteiger partial charge on any atom is 0.324 e. The van der Waals surface area contributed by atoms with Crippen LogP contribution in [0.1, 0.15) is 23.7 Å². The molecule has 2 heterocycles. The van der Waals surface area contributed by atoms with Gasteiger partial charge in [0.25, 0.3) is 0 Å².